The number of aliphatic hydroxyl groups excluding tert-OH is 1. The number of carbonyl (C=O) groups excluding carboxylic acids is 1. The van der Waals surface area contributed by atoms with E-state index < -0.39 is 0 Å². The van der Waals surface area contributed by atoms with E-state index in [0.29, 0.717) is 18.9 Å². The van der Waals surface area contributed by atoms with Crippen LogP contribution in [0.3, 0.4) is 0 Å². The molecule has 0 spiro atoms. The highest BCUT2D eigenvalue weighted by molar-refractivity contribution is 5.96. The summed E-state index contributed by atoms with van der Waals surface area (Å²) in [5, 5.41) is 11.5. The predicted molar refractivity (Wildman–Crippen MR) is 126 cm³/mol. The summed E-state index contributed by atoms with van der Waals surface area (Å²) in [7, 11) is 0. The van der Waals surface area contributed by atoms with Crippen LogP contribution in [0.5, 0.6) is 0 Å². The van der Waals surface area contributed by atoms with Gasteiger partial charge in [0.05, 0.1) is 0 Å². The van der Waals surface area contributed by atoms with Crippen LogP contribution >= 0.6 is 0 Å². The van der Waals surface area contributed by atoms with Crippen LogP contribution < -0.4 is 11.1 Å². The second-order valence-corrected chi connectivity index (χ2v) is 7.72. The first-order valence-corrected chi connectivity index (χ1v) is 10.6. The van der Waals surface area contributed by atoms with Crippen molar-refractivity contribution in [3.8, 4) is 22.5 Å². The number of hydrogen-bond acceptors (Lipinski definition) is 3. The molecule has 0 bridgehead atoms. The average Bonchev–Trinajstić information content (AvgIpc) is 3.17. The molecule has 0 unspecified atom stereocenters. The molecule has 0 saturated carbocycles. The highest BCUT2D eigenvalue weighted by Gasteiger charge is 2.15. The largest absolute Gasteiger partial charge is 0.396 e. The first kappa shape index (κ1) is 22.3. The number of carbonyl (C=O) groups is 1. The van der Waals surface area contributed by atoms with Gasteiger partial charge in [-0.1, -0.05) is 68.4 Å². The molecule has 1 aromatic heterocycles. The van der Waals surface area contributed by atoms with E-state index in [1.807, 2.05) is 47.0 Å². The Morgan fingerprint density at radius 2 is 1.61 bits per heavy atom. The van der Waals surface area contributed by atoms with Gasteiger partial charge in [-0.05, 0) is 41.2 Å². The minimum absolute atomic E-state index is 0.0352. The SMILES string of the molecule is CC(C)c1ccc(-c2ccc(-c3ccccc3)n2CC(=O)NC(N)=NCCCO)cc1. The lowest BCUT2D eigenvalue weighted by Gasteiger charge is -2.15. The van der Waals surface area contributed by atoms with Crippen molar-refractivity contribution in [2.45, 2.75) is 32.7 Å². The Bertz CT molecular complexity index is 1020. The lowest BCUT2D eigenvalue weighted by Crippen LogP contribution is -2.39. The molecule has 4 N–H and O–H groups in total. The highest BCUT2D eigenvalue weighted by atomic mass is 16.3. The van der Waals surface area contributed by atoms with E-state index in [9.17, 15) is 4.79 Å². The fourth-order valence-corrected chi connectivity index (χ4v) is 3.43. The van der Waals surface area contributed by atoms with Gasteiger partial charge >= 0.3 is 0 Å². The van der Waals surface area contributed by atoms with Gasteiger partial charge < -0.3 is 15.4 Å². The van der Waals surface area contributed by atoms with Gasteiger partial charge in [0.2, 0.25) is 5.91 Å². The van der Waals surface area contributed by atoms with Crippen molar-refractivity contribution in [3.05, 3.63) is 72.3 Å². The highest BCUT2D eigenvalue weighted by Crippen LogP contribution is 2.30. The lowest BCUT2D eigenvalue weighted by molar-refractivity contribution is -0.120. The second-order valence-electron chi connectivity index (χ2n) is 7.72. The maximum Gasteiger partial charge on any atom is 0.246 e. The number of guanidine groups is 1. The van der Waals surface area contributed by atoms with Crippen molar-refractivity contribution in [1.29, 1.82) is 0 Å². The minimum atomic E-state index is -0.251. The number of amides is 1. The van der Waals surface area contributed by atoms with Gasteiger partial charge in [0, 0.05) is 24.5 Å². The van der Waals surface area contributed by atoms with Crippen molar-refractivity contribution in [2.75, 3.05) is 13.2 Å². The summed E-state index contributed by atoms with van der Waals surface area (Å²) in [6.45, 7) is 4.85. The summed E-state index contributed by atoms with van der Waals surface area (Å²) in [5.41, 5.74) is 11.1. The topological polar surface area (TPSA) is 92.6 Å². The van der Waals surface area contributed by atoms with Gasteiger partial charge in [0.25, 0.3) is 0 Å². The standard InChI is InChI=1S/C25H30N4O2/c1-18(2)19-9-11-21(12-10-19)23-14-13-22(20-7-4-3-5-8-20)29(23)17-24(31)28-25(26)27-15-6-16-30/h3-5,7-14,18,30H,6,15-17H2,1-2H3,(H3,26,27,28,31). The molecule has 3 aromatic rings. The third-order valence-electron chi connectivity index (χ3n) is 5.09. The number of aliphatic hydroxyl groups is 1. The molecule has 31 heavy (non-hydrogen) atoms. The zero-order valence-electron chi connectivity index (χ0n) is 18.1. The number of benzene rings is 2. The molecule has 6 nitrogen and oxygen atoms in total. The van der Waals surface area contributed by atoms with Crippen LogP contribution in [-0.4, -0.2) is 34.7 Å². The molecule has 0 fully saturated rings. The van der Waals surface area contributed by atoms with Crippen molar-refractivity contribution in [1.82, 2.24) is 9.88 Å². The zero-order valence-corrected chi connectivity index (χ0v) is 18.1. The minimum Gasteiger partial charge on any atom is -0.396 e. The number of nitrogens with zero attached hydrogens (tertiary/aromatic N) is 2. The van der Waals surface area contributed by atoms with Crippen LogP contribution in [-0.2, 0) is 11.3 Å². The monoisotopic (exact) mass is 418 g/mol. The van der Waals surface area contributed by atoms with Gasteiger partial charge in [-0.3, -0.25) is 15.1 Å². The third kappa shape index (κ3) is 5.83. The molecule has 0 aliphatic rings. The number of aliphatic imine (C=N–C) groups is 1. The smallest absolute Gasteiger partial charge is 0.246 e. The maximum absolute atomic E-state index is 12.7. The van der Waals surface area contributed by atoms with Crippen molar-refractivity contribution < 1.29 is 9.90 Å². The Morgan fingerprint density at radius 1 is 1.00 bits per heavy atom. The third-order valence-corrected chi connectivity index (χ3v) is 5.09. The zero-order chi connectivity index (χ0) is 22.2. The van der Waals surface area contributed by atoms with Crippen LogP contribution in [0.25, 0.3) is 22.5 Å². The molecular formula is C25H30N4O2. The molecule has 0 atom stereocenters. The van der Waals surface area contributed by atoms with Crippen molar-refractivity contribution >= 4 is 11.9 Å². The normalized spacial score (nSPS) is 11.7. The number of rotatable bonds is 8. The van der Waals surface area contributed by atoms with Crippen LogP contribution in [0.4, 0.5) is 0 Å². The molecule has 0 saturated heterocycles. The van der Waals surface area contributed by atoms with Gasteiger partial charge in [0.15, 0.2) is 5.96 Å². The summed E-state index contributed by atoms with van der Waals surface area (Å²) < 4.78 is 2.00. The van der Waals surface area contributed by atoms with E-state index in [2.05, 4.69) is 48.4 Å². The van der Waals surface area contributed by atoms with E-state index >= 15 is 0 Å². The van der Waals surface area contributed by atoms with Gasteiger partial charge in [-0.25, -0.2) is 0 Å². The van der Waals surface area contributed by atoms with Crippen LogP contribution in [0.2, 0.25) is 0 Å². The Hall–Kier alpha value is -3.38. The summed E-state index contributed by atoms with van der Waals surface area (Å²) >= 11 is 0. The molecule has 2 aromatic carbocycles. The fourth-order valence-electron chi connectivity index (χ4n) is 3.43. The van der Waals surface area contributed by atoms with E-state index in [1.165, 1.54) is 5.56 Å². The molecule has 162 valence electrons. The molecule has 6 heteroatoms. The fraction of sp³-hybridized carbons (Fsp3) is 0.280. The Balaban J connectivity index is 1.91. The summed E-state index contributed by atoms with van der Waals surface area (Å²) in [6, 6.07) is 22.5. The van der Waals surface area contributed by atoms with E-state index in [1.54, 1.807) is 0 Å². The predicted octanol–water partition coefficient (Wildman–Crippen LogP) is 3.76. The molecule has 0 aliphatic carbocycles. The average molecular weight is 419 g/mol. The Kier molecular flexibility index (Phi) is 7.62. The molecule has 0 aliphatic heterocycles. The number of nitrogens with two attached hydrogens (primary N) is 1. The van der Waals surface area contributed by atoms with Gasteiger partial charge in [-0.2, -0.15) is 0 Å². The second kappa shape index (κ2) is 10.6. The van der Waals surface area contributed by atoms with Crippen LogP contribution in [0, 0.1) is 0 Å². The quantitative estimate of drug-likeness (QED) is 0.295. The molecule has 0 radical (unpaired) electrons. The molecular weight excluding hydrogens is 388 g/mol. The number of hydrogen-bond donors (Lipinski definition) is 3. The summed E-state index contributed by atoms with van der Waals surface area (Å²) in [5.74, 6) is 0.271. The molecule has 1 amide bonds. The van der Waals surface area contributed by atoms with Gasteiger partial charge in [-0.15, -0.1) is 0 Å². The van der Waals surface area contributed by atoms with Crippen molar-refractivity contribution in [2.24, 2.45) is 10.7 Å². The Labute approximate surface area is 183 Å². The Morgan fingerprint density at radius 3 is 2.19 bits per heavy atom. The molecule has 1 heterocycles. The van der Waals surface area contributed by atoms with Crippen LogP contribution in [0.15, 0.2) is 71.7 Å². The molecule has 3 rings (SSSR count). The number of nitrogens with one attached hydrogen (secondary N) is 1. The maximum atomic E-state index is 12.7. The van der Waals surface area contributed by atoms with Crippen molar-refractivity contribution in [3.63, 3.8) is 0 Å². The first-order valence-electron chi connectivity index (χ1n) is 10.6. The summed E-state index contributed by atoms with van der Waals surface area (Å²) in [4.78, 5) is 16.8. The summed E-state index contributed by atoms with van der Waals surface area (Å²) in [6.07, 6.45) is 0.503. The van der Waals surface area contributed by atoms with E-state index in [-0.39, 0.29) is 25.0 Å². The van der Waals surface area contributed by atoms with E-state index in [4.69, 9.17) is 10.8 Å². The van der Waals surface area contributed by atoms with Gasteiger partial charge in [0.1, 0.15) is 6.54 Å². The lowest BCUT2D eigenvalue weighted by atomic mass is 10.0. The van der Waals surface area contributed by atoms with Crippen LogP contribution in [0.1, 0.15) is 31.7 Å². The van der Waals surface area contributed by atoms with E-state index in [0.717, 1.165) is 22.5 Å². The first-order chi connectivity index (χ1) is 15.0. The number of aromatic nitrogens is 1.